The molecule has 0 aromatic carbocycles. The highest BCUT2D eigenvalue weighted by atomic mass is 16.5. The summed E-state index contributed by atoms with van der Waals surface area (Å²) in [5.74, 6) is 0.676. The smallest absolute Gasteiger partial charge is 0.207 e. The van der Waals surface area contributed by atoms with Crippen LogP contribution in [0.1, 0.15) is 13.8 Å². The van der Waals surface area contributed by atoms with Gasteiger partial charge in [-0.2, -0.15) is 0 Å². The Kier molecular flexibility index (Phi) is 3.76. The van der Waals surface area contributed by atoms with Gasteiger partial charge in [0.2, 0.25) is 5.90 Å². The first-order valence-corrected chi connectivity index (χ1v) is 2.86. The van der Waals surface area contributed by atoms with Crippen LogP contribution in [0.25, 0.3) is 0 Å². The van der Waals surface area contributed by atoms with Crippen LogP contribution in [0.2, 0.25) is 0 Å². The molecule has 0 amide bonds. The number of allylic oxidation sites excluding steroid dienone is 1. The number of rotatable bonds is 1. The molecule has 0 aliphatic heterocycles. The summed E-state index contributed by atoms with van der Waals surface area (Å²) >= 11 is 0. The van der Waals surface area contributed by atoms with Crippen LogP contribution in [0.15, 0.2) is 16.6 Å². The van der Waals surface area contributed by atoms with Gasteiger partial charge in [-0.3, -0.25) is 4.99 Å². The van der Waals surface area contributed by atoms with Gasteiger partial charge in [0.1, 0.15) is 0 Å². The highest BCUT2D eigenvalue weighted by Crippen LogP contribution is 1.90. The van der Waals surface area contributed by atoms with E-state index in [0.717, 1.165) is 0 Å². The molecule has 52 valence electrons. The Hall–Kier alpha value is -0.790. The Labute approximate surface area is 56.2 Å². The lowest BCUT2D eigenvalue weighted by Gasteiger charge is -1.96. The summed E-state index contributed by atoms with van der Waals surface area (Å²) in [5.41, 5.74) is 1.19. The summed E-state index contributed by atoms with van der Waals surface area (Å²) in [4.78, 5) is 3.86. The number of hydrogen-bond acceptors (Lipinski definition) is 2. The largest absolute Gasteiger partial charge is 0.481 e. The van der Waals surface area contributed by atoms with E-state index in [2.05, 4.69) is 4.99 Å². The predicted molar refractivity (Wildman–Crippen MR) is 39.8 cm³/mol. The Balaban J connectivity index is 4.01. The van der Waals surface area contributed by atoms with E-state index in [-0.39, 0.29) is 0 Å². The summed E-state index contributed by atoms with van der Waals surface area (Å²) in [6, 6.07) is 0. The molecule has 0 atom stereocenters. The van der Waals surface area contributed by atoms with Gasteiger partial charge in [0.05, 0.1) is 7.11 Å². The van der Waals surface area contributed by atoms with Gasteiger partial charge in [-0.25, -0.2) is 0 Å². The Morgan fingerprint density at radius 2 is 2.00 bits per heavy atom. The van der Waals surface area contributed by atoms with Crippen molar-refractivity contribution < 1.29 is 4.74 Å². The summed E-state index contributed by atoms with van der Waals surface area (Å²) < 4.78 is 4.88. The average molecular weight is 127 g/mol. The van der Waals surface area contributed by atoms with Gasteiger partial charge in [-0.1, -0.05) is 5.57 Å². The van der Waals surface area contributed by atoms with Gasteiger partial charge < -0.3 is 4.74 Å². The lowest BCUT2D eigenvalue weighted by Crippen LogP contribution is -1.95. The number of methoxy groups -OCH3 is 1. The first-order chi connectivity index (χ1) is 4.20. The number of ether oxygens (including phenoxy) is 1. The summed E-state index contributed by atoms with van der Waals surface area (Å²) in [6.07, 6.45) is 1.89. The molecule has 0 heterocycles. The highest BCUT2D eigenvalue weighted by molar-refractivity contribution is 5.87. The average Bonchev–Trinajstić information content (AvgIpc) is 1.82. The van der Waals surface area contributed by atoms with Crippen LogP contribution >= 0.6 is 0 Å². The van der Waals surface area contributed by atoms with E-state index in [1.54, 1.807) is 14.2 Å². The molecule has 0 fully saturated rings. The molecule has 0 spiro atoms. The van der Waals surface area contributed by atoms with E-state index in [1.165, 1.54) is 5.57 Å². The second-order valence-electron chi connectivity index (χ2n) is 1.99. The van der Waals surface area contributed by atoms with Crippen LogP contribution in [0.3, 0.4) is 0 Å². The molecular formula is C7H13NO. The molecule has 0 aliphatic rings. The minimum atomic E-state index is 0.676. The van der Waals surface area contributed by atoms with Gasteiger partial charge in [0.25, 0.3) is 0 Å². The Bertz CT molecular complexity index is 132. The summed E-state index contributed by atoms with van der Waals surface area (Å²) in [5, 5.41) is 0. The predicted octanol–water partition coefficient (Wildman–Crippen LogP) is 1.63. The van der Waals surface area contributed by atoms with E-state index in [4.69, 9.17) is 4.74 Å². The lowest BCUT2D eigenvalue weighted by molar-refractivity contribution is 0.406. The third kappa shape index (κ3) is 3.76. The Morgan fingerprint density at radius 3 is 2.11 bits per heavy atom. The van der Waals surface area contributed by atoms with Gasteiger partial charge in [-0.15, -0.1) is 0 Å². The van der Waals surface area contributed by atoms with Gasteiger partial charge in [-0.05, 0) is 19.9 Å². The van der Waals surface area contributed by atoms with E-state index in [0.29, 0.717) is 5.90 Å². The minimum Gasteiger partial charge on any atom is -0.481 e. The second kappa shape index (κ2) is 4.13. The van der Waals surface area contributed by atoms with Crippen LogP contribution in [0.5, 0.6) is 0 Å². The van der Waals surface area contributed by atoms with Gasteiger partial charge in [0, 0.05) is 7.05 Å². The van der Waals surface area contributed by atoms with Crippen LogP contribution in [0, 0.1) is 0 Å². The quantitative estimate of drug-likeness (QED) is 0.387. The lowest BCUT2D eigenvalue weighted by atomic mass is 10.3. The van der Waals surface area contributed by atoms with E-state index in [1.807, 2.05) is 19.9 Å². The fourth-order valence-electron chi connectivity index (χ4n) is 0.462. The maximum atomic E-state index is 4.88. The molecule has 0 aromatic rings. The van der Waals surface area contributed by atoms with Crippen LogP contribution in [-0.4, -0.2) is 20.1 Å². The molecule has 0 aromatic heterocycles. The fourth-order valence-corrected chi connectivity index (χ4v) is 0.462. The zero-order valence-corrected chi connectivity index (χ0v) is 6.43. The van der Waals surface area contributed by atoms with Gasteiger partial charge in [0.15, 0.2) is 0 Å². The van der Waals surface area contributed by atoms with Crippen molar-refractivity contribution in [1.29, 1.82) is 0 Å². The van der Waals surface area contributed by atoms with E-state index >= 15 is 0 Å². The topological polar surface area (TPSA) is 21.6 Å². The zero-order chi connectivity index (χ0) is 7.28. The van der Waals surface area contributed by atoms with Crippen molar-refractivity contribution in [2.24, 2.45) is 4.99 Å². The molecule has 0 saturated carbocycles. The monoisotopic (exact) mass is 127 g/mol. The molecule has 0 radical (unpaired) electrons. The molecule has 2 nitrogen and oxygen atoms in total. The standard InChI is InChI=1S/C7H13NO/c1-6(2)5-7(8-3)9-4/h5H,1-4H3. The minimum absolute atomic E-state index is 0.676. The third-order valence-corrected chi connectivity index (χ3v) is 0.842. The highest BCUT2D eigenvalue weighted by Gasteiger charge is 1.86. The van der Waals surface area contributed by atoms with Crippen molar-refractivity contribution in [1.82, 2.24) is 0 Å². The molecule has 0 bridgehead atoms. The zero-order valence-electron chi connectivity index (χ0n) is 6.43. The molecular weight excluding hydrogens is 114 g/mol. The molecule has 0 unspecified atom stereocenters. The third-order valence-electron chi connectivity index (χ3n) is 0.842. The van der Waals surface area contributed by atoms with Crippen LogP contribution < -0.4 is 0 Å². The molecule has 0 saturated heterocycles. The maximum absolute atomic E-state index is 4.88. The summed E-state index contributed by atoms with van der Waals surface area (Å²) in [6.45, 7) is 4.01. The number of aliphatic imine (C=N–C) groups is 1. The van der Waals surface area contributed by atoms with Crippen molar-refractivity contribution in [2.45, 2.75) is 13.8 Å². The molecule has 0 rings (SSSR count). The SMILES string of the molecule is CN=C(C=C(C)C)OC. The van der Waals surface area contributed by atoms with Crippen LogP contribution in [0.4, 0.5) is 0 Å². The molecule has 2 heteroatoms. The number of nitrogens with zero attached hydrogens (tertiary/aromatic N) is 1. The molecule has 0 aliphatic carbocycles. The number of hydrogen-bond donors (Lipinski definition) is 0. The Morgan fingerprint density at radius 1 is 1.44 bits per heavy atom. The van der Waals surface area contributed by atoms with Crippen molar-refractivity contribution >= 4 is 5.90 Å². The van der Waals surface area contributed by atoms with E-state index in [9.17, 15) is 0 Å². The maximum Gasteiger partial charge on any atom is 0.207 e. The van der Waals surface area contributed by atoms with E-state index < -0.39 is 0 Å². The van der Waals surface area contributed by atoms with Gasteiger partial charge >= 0.3 is 0 Å². The van der Waals surface area contributed by atoms with Crippen molar-refractivity contribution in [2.75, 3.05) is 14.2 Å². The first kappa shape index (κ1) is 8.21. The summed E-state index contributed by atoms with van der Waals surface area (Å²) in [7, 11) is 3.32. The normalized spacial score (nSPS) is 10.9. The van der Waals surface area contributed by atoms with Crippen molar-refractivity contribution in [3.63, 3.8) is 0 Å². The van der Waals surface area contributed by atoms with Crippen molar-refractivity contribution in [3.8, 4) is 0 Å². The van der Waals surface area contributed by atoms with Crippen molar-refractivity contribution in [3.05, 3.63) is 11.6 Å². The molecule has 9 heavy (non-hydrogen) atoms. The first-order valence-electron chi connectivity index (χ1n) is 2.86. The van der Waals surface area contributed by atoms with Crippen LogP contribution in [-0.2, 0) is 4.74 Å². The second-order valence-corrected chi connectivity index (χ2v) is 1.99. The fraction of sp³-hybridized carbons (Fsp3) is 0.571. The molecule has 0 N–H and O–H groups in total.